The summed E-state index contributed by atoms with van der Waals surface area (Å²) in [4.78, 5) is 5.14. The lowest BCUT2D eigenvalue weighted by Gasteiger charge is -2.15. The number of alkyl halides is 2. The molecular formula is C18H22ClF2N3O2S. The van der Waals surface area contributed by atoms with Crippen LogP contribution in [0.5, 0.6) is 5.75 Å². The summed E-state index contributed by atoms with van der Waals surface area (Å²) in [5.41, 5.74) is 1.47. The Bertz CT molecular complexity index is 771. The van der Waals surface area contributed by atoms with Crippen LogP contribution in [0.15, 0.2) is 35.3 Å². The lowest BCUT2D eigenvalue weighted by molar-refractivity contribution is -0.0504. The maximum Gasteiger partial charge on any atom is 0.387 e. The number of ether oxygens (including phenoxy) is 1. The minimum atomic E-state index is -2.89. The van der Waals surface area contributed by atoms with E-state index in [1.807, 2.05) is 13.8 Å². The SMILES string of the molecule is CCNC(=NCc1cc(C)ccc1OC(F)F)NCC(O)c1ccc(Cl)s1. The molecule has 0 radical (unpaired) electrons. The quantitative estimate of drug-likeness (QED) is 0.447. The van der Waals surface area contributed by atoms with Gasteiger partial charge in [-0.1, -0.05) is 29.3 Å². The van der Waals surface area contributed by atoms with Crippen molar-refractivity contribution in [2.75, 3.05) is 13.1 Å². The predicted molar refractivity (Wildman–Crippen MR) is 105 cm³/mol. The van der Waals surface area contributed by atoms with Crippen molar-refractivity contribution in [2.24, 2.45) is 4.99 Å². The molecule has 0 amide bonds. The highest BCUT2D eigenvalue weighted by molar-refractivity contribution is 7.16. The smallest absolute Gasteiger partial charge is 0.387 e. The average molecular weight is 418 g/mol. The fraction of sp³-hybridized carbons (Fsp3) is 0.389. The van der Waals surface area contributed by atoms with E-state index >= 15 is 0 Å². The minimum absolute atomic E-state index is 0.100. The number of halogens is 3. The first-order valence-corrected chi connectivity index (χ1v) is 9.58. The molecule has 0 fully saturated rings. The first-order chi connectivity index (χ1) is 12.9. The van der Waals surface area contributed by atoms with E-state index in [0.717, 1.165) is 10.4 Å². The van der Waals surface area contributed by atoms with E-state index in [9.17, 15) is 13.9 Å². The van der Waals surface area contributed by atoms with E-state index in [1.54, 1.807) is 24.3 Å². The Balaban J connectivity index is 2.05. The fourth-order valence-electron chi connectivity index (χ4n) is 2.35. The number of benzene rings is 1. The van der Waals surface area contributed by atoms with E-state index in [0.29, 0.717) is 22.4 Å². The molecule has 1 aromatic heterocycles. The van der Waals surface area contributed by atoms with Crippen molar-refractivity contribution in [1.29, 1.82) is 0 Å². The number of aliphatic hydroxyl groups excluding tert-OH is 1. The molecule has 0 bridgehead atoms. The van der Waals surface area contributed by atoms with Crippen LogP contribution in [0.25, 0.3) is 0 Å². The van der Waals surface area contributed by atoms with Gasteiger partial charge < -0.3 is 20.5 Å². The minimum Gasteiger partial charge on any atom is -0.434 e. The van der Waals surface area contributed by atoms with Crippen LogP contribution in [-0.2, 0) is 6.54 Å². The third-order valence-electron chi connectivity index (χ3n) is 3.57. The van der Waals surface area contributed by atoms with Crippen molar-refractivity contribution >= 4 is 28.9 Å². The van der Waals surface area contributed by atoms with E-state index in [1.165, 1.54) is 17.4 Å². The Morgan fingerprint density at radius 2 is 2.07 bits per heavy atom. The standard InChI is InChI=1S/C18H22ClF2N3O2S/c1-3-22-18(24-10-13(25)15-6-7-16(19)27-15)23-9-12-8-11(2)4-5-14(12)26-17(20)21/h4-8,13,17,25H,3,9-10H2,1-2H3,(H2,22,23,24). The van der Waals surface area contributed by atoms with Gasteiger partial charge in [-0.05, 0) is 32.0 Å². The molecule has 1 heterocycles. The molecule has 9 heteroatoms. The normalized spacial score (nSPS) is 12.9. The van der Waals surface area contributed by atoms with Gasteiger partial charge >= 0.3 is 6.61 Å². The zero-order chi connectivity index (χ0) is 19.8. The second-order valence-corrected chi connectivity index (χ2v) is 7.47. The van der Waals surface area contributed by atoms with E-state index in [4.69, 9.17) is 11.6 Å². The molecule has 2 rings (SSSR count). The number of nitrogens with zero attached hydrogens (tertiary/aromatic N) is 1. The first kappa shape index (κ1) is 21.4. The maximum absolute atomic E-state index is 12.6. The number of hydrogen-bond donors (Lipinski definition) is 3. The summed E-state index contributed by atoms with van der Waals surface area (Å²) in [5, 5.41) is 16.3. The van der Waals surface area contributed by atoms with Gasteiger partial charge in [0.2, 0.25) is 0 Å². The van der Waals surface area contributed by atoms with E-state index in [-0.39, 0.29) is 18.8 Å². The Morgan fingerprint density at radius 3 is 2.70 bits per heavy atom. The number of thiophene rings is 1. The van der Waals surface area contributed by atoms with Crippen molar-refractivity contribution in [1.82, 2.24) is 10.6 Å². The summed E-state index contributed by atoms with van der Waals surface area (Å²) in [6, 6.07) is 8.47. The van der Waals surface area contributed by atoms with Crippen molar-refractivity contribution < 1.29 is 18.6 Å². The molecule has 3 N–H and O–H groups in total. The molecule has 0 aliphatic heterocycles. The van der Waals surface area contributed by atoms with Gasteiger partial charge in [0.1, 0.15) is 11.9 Å². The van der Waals surface area contributed by atoms with Gasteiger partial charge in [0.05, 0.1) is 10.9 Å². The van der Waals surface area contributed by atoms with Gasteiger partial charge in [-0.25, -0.2) is 4.99 Å². The van der Waals surface area contributed by atoms with Crippen LogP contribution in [0.1, 0.15) is 29.0 Å². The molecule has 0 aliphatic carbocycles. The van der Waals surface area contributed by atoms with Gasteiger partial charge in [-0.3, -0.25) is 0 Å². The first-order valence-electron chi connectivity index (χ1n) is 8.38. The molecule has 0 saturated heterocycles. The Kier molecular flexibility index (Phi) is 8.27. The molecule has 1 aromatic carbocycles. The highest BCUT2D eigenvalue weighted by Crippen LogP contribution is 2.26. The number of guanidine groups is 1. The van der Waals surface area contributed by atoms with Gasteiger partial charge in [0, 0.05) is 23.5 Å². The maximum atomic E-state index is 12.6. The predicted octanol–water partition coefficient (Wildman–Crippen LogP) is 4.10. The summed E-state index contributed by atoms with van der Waals surface area (Å²) in [6.45, 7) is 1.88. The molecule has 148 valence electrons. The van der Waals surface area contributed by atoms with Crippen LogP contribution in [0.2, 0.25) is 4.34 Å². The third kappa shape index (κ3) is 6.97. The summed E-state index contributed by atoms with van der Waals surface area (Å²) >= 11 is 7.19. The second kappa shape index (κ2) is 10.4. The van der Waals surface area contributed by atoms with Crippen molar-refractivity contribution in [2.45, 2.75) is 33.1 Å². The van der Waals surface area contributed by atoms with E-state index in [2.05, 4.69) is 20.4 Å². The Morgan fingerprint density at radius 1 is 1.30 bits per heavy atom. The molecule has 0 aliphatic rings. The lowest BCUT2D eigenvalue weighted by Crippen LogP contribution is -2.39. The monoisotopic (exact) mass is 417 g/mol. The number of aliphatic hydroxyl groups is 1. The van der Waals surface area contributed by atoms with Gasteiger partial charge in [0.15, 0.2) is 5.96 Å². The topological polar surface area (TPSA) is 65.9 Å². The Hall–Kier alpha value is -1.90. The van der Waals surface area contributed by atoms with Crippen molar-refractivity contribution in [3.05, 3.63) is 50.7 Å². The second-order valence-electron chi connectivity index (χ2n) is 5.72. The summed E-state index contributed by atoms with van der Waals surface area (Å²) < 4.78 is 30.3. The molecule has 1 atom stereocenters. The molecule has 2 aromatic rings. The summed E-state index contributed by atoms with van der Waals surface area (Å²) in [6.07, 6.45) is -0.733. The number of rotatable bonds is 8. The molecule has 1 unspecified atom stereocenters. The molecular weight excluding hydrogens is 396 g/mol. The van der Waals surface area contributed by atoms with Crippen molar-refractivity contribution in [3.8, 4) is 5.75 Å². The lowest BCUT2D eigenvalue weighted by atomic mass is 10.1. The zero-order valence-corrected chi connectivity index (χ0v) is 16.6. The number of aliphatic imine (C=N–C) groups is 1. The molecule has 0 spiro atoms. The highest BCUT2D eigenvalue weighted by atomic mass is 35.5. The number of aryl methyl sites for hydroxylation is 1. The van der Waals surface area contributed by atoms with Crippen LogP contribution in [0.3, 0.4) is 0 Å². The Labute approximate surface area is 166 Å². The molecule has 5 nitrogen and oxygen atoms in total. The largest absolute Gasteiger partial charge is 0.434 e. The van der Waals surface area contributed by atoms with Crippen LogP contribution < -0.4 is 15.4 Å². The van der Waals surface area contributed by atoms with Gasteiger partial charge in [-0.2, -0.15) is 8.78 Å². The third-order valence-corrected chi connectivity index (χ3v) is 4.90. The average Bonchev–Trinajstić information content (AvgIpc) is 3.05. The van der Waals surface area contributed by atoms with Gasteiger partial charge in [0.25, 0.3) is 0 Å². The summed E-state index contributed by atoms with van der Waals surface area (Å²) in [7, 11) is 0. The summed E-state index contributed by atoms with van der Waals surface area (Å²) in [5.74, 6) is 0.562. The number of hydrogen-bond acceptors (Lipinski definition) is 4. The number of nitrogens with one attached hydrogen (secondary N) is 2. The van der Waals surface area contributed by atoms with E-state index < -0.39 is 12.7 Å². The zero-order valence-electron chi connectivity index (χ0n) is 15.0. The van der Waals surface area contributed by atoms with Gasteiger partial charge in [-0.15, -0.1) is 11.3 Å². The van der Waals surface area contributed by atoms with Crippen LogP contribution in [0.4, 0.5) is 8.78 Å². The van der Waals surface area contributed by atoms with Crippen molar-refractivity contribution in [3.63, 3.8) is 0 Å². The highest BCUT2D eigenvalue weighted by Gasteiger charge is 2.12. The molecule has 0 saturated carbocycles. The van der Waals surface area contributed by atoms with Crippen LogP contribution >= 0.6 is 22.9 Å². The fourth-order valence-corrected chi connectivity index (χ4v) is 3.40. The molecule has 27 heavy (non-hydrogen) atoms. The van der Waals surface area contributed by atoms with Crippen LogP contribution in [-0.4, -0.2) is 30.8 Å². The van der Waals surface area contributed by atoms with Crippen LogP contribution in [0, 0.1) is 6.92 Å².